The van der Waals surface area contributed by atoms with Crippen molar-refractivity contribution in [2.45, 2.75) is 23.9 Å². The second-order valence-corrected chi connectivity index (χ2v) is 4.93. The van der Waals surface area contributed by atoms with Crippen molar-refractivity contribution < 1.29 is 32.5 Å². The standard InChI is InChI=1S/C10H10F4N2O4S/c11-2-9(13)6(18)10(14,3-17)20-7(9)16-1-4(12)5(21)15-8(16)19/h1,6-7,17-18H,2-3H2,(H,15,19,21)/t6-,7-,9?,10-/m1/s1. The van der Waals surface area contributed by atoms with E-state index in [1.807, 2.05) is 4.98 Å². The molecule has 1 unspecified atom stereocenters. The van der Waals surface area contributed by atoms with Gasteiger partial charge in [-0.3, -0.25) is 9.55 Å². The van der Waals surface area contributed by atoms with E-state index in [9.17, 15) is 27.5 Å². The number of aliphatic hydroxyl groups excluding tert-OH is 2. The Kier molecular flexibility index (Phi) is 3.95. The number of ether oxygens (including phenoxy) is 1. The molecule has 0 radical (unpaired) electrons. The lowest BCUT2D eigenvalue weighted by atomic mass is 9.96. The molecule has 3 N–H and O–H groups in total. The number of hydrogen-bond acceptors (Lipinski definition) is 5. The topological polar surface area (TPSA) is 87.5 Å². The number of H-pyrrole nitrogens is 1. The second kappa shape index (κ2) is 5.16. The summed E-state index contributed by atoms with van der Waals surface area (Å²) < 4.78 is 58.8. The zero-order valence-electron chi connectivity index (χ0n) is 10.2. The van der Waals surface area contributed by atoms with E-state index in [-0.39, 0.29) is 4.57 Å². The van der Waals surface area contributed by atoms with Gasteiger partial charge in [0.1, 0.15) is 17.9 Å². The molecule has 1 aliphatic heterocycles. The summed E-state index contributed by atoms with van der Waals surface area (Å²) in [6, 6.07) is 0. The summed E-state index contributed by atoms with van der Waals surface area (Å²) in [5, 5.41) is 18.3. The van der Waals surface area contributed by atoms with Crippen molar-refractivity contribution in [3.63, 3.8) is 0 Å². The molecule has 1 aromatic rings. The van der Waals surface area contributed by atoms with Crippen molar-refractivity contribution in [2.75, 3.05) is 13.3 Å². The summed E-state index contributed by atoms with van der Waals surface area (Å²) in [5.74, 6) is -4.50. The number of aromatic nitrogens is 2. The molecule has 118 valence electrons. The predicted octanol–water partition coefficient (Wildman–Crippen LogP) is 0.271. The van der Waals surface area contributed by atoms with Gasteiger partial charge < -0.3 is 14.9 Å². The molecule has 2 rings (SSSR count). The summed E-state index contributed by atoms with van der Waals surface area (Å²) >= 11 is 4.44. The first kappa shape index (κ1) is 16.1. The minimum Gasteiger partial charge on any atom is -0.390 e. The Morgan fingerprint density at radius 1 is 1.52 bits per heavy atom. The summed E-state index contributed by atoms with van der Waals surface area (Å²) in [4.78, 5) is 13.4. The Balaban J connectivity index is 2.60. The lowest BCUT2D eigenvalue weighted by Gasteiger charge is -2.25. The van der Waals surface area contributed by atoms with Crippen LogP contribution in [-0.2, 0) is 4.74 Å². The molecule has 0 spiro atoms. The summed E-state index contributed by atoms with van der Waals surface area (Å²) in [5.41, 5.74) is -4.60. The van der Waals surface area contributed by atoms with Crippen LogP contribution in [0.3, 0.4) is 0 Å². The number of nitrogens with one attached hydrogen (secondary N) is 1. The highest BCUT2D eigenvalue weighted by Gasteiger charge is 2.67. The average molecular weight is 330 g/mol. The molecule has 0 saturated carbocycles. The van der Waals surface area contributed by atoms with E-state index in [4.69, 9.17) is 5.11 Å². The normalized spacial score (nSPS) is 36.1. The van der Waals surface area contributed by atoms with E-state index in [0.29, 0.717) is 6.20 Å². The molecule has 11 heteroatoms. The SMILES string of the molecule is O=c1[nH]c(=S)c(F)cn1[C@@H]1O[C@](F)(CO)[C@H](O)C1(F)CF. The first-order valence-corrected chi connectivity index (χ1v) is 6.02. The third-order valence-electron chi connectivity index (χ3n) is 3.18. The van der Waals surface area contributed by atoms with Crippen LogP contribution in [0.5, 0.6) is 0 Å². The molecule has 21 heavy (non-hydrogen) atoms. The van der Waals surface area contributed by atoms with Gasteiger partial charge in [-0.05, 0) is 0 Å². The van der Waals surface area contributed by atoms with Crippen LogP contribution in [-0.4, -0.2) is 50.7 Å². The molecule has 1 fully saturated rings. The van der Waals surface area contributed by atoms with Crippen LogP contribution < -0.4 is 5.69 Å². The molecule has 4 atom stereocenters. The number of halogens is 4. The van der Waals surface area contributed by atoms with Crippen molar-refractivity contribution in [3.8, 4) is 0 Å². The van der Waals surface area contributed by atoms with Gasteiger partial charge in [0.25, 0.3) is 5.85 Å². The van der Waals surface area contributed by atoms with Gasteiger partial charge in [-0.2, -0.15) is 0 Å². The van der Waals surface area contributed by atoms with E-state index in [1.165, 1.54) is 0 Å². The Hall–Kier alpha value is -1.30. The van der Waals surface area contributed by atoms with Crippen molar-refractivity contribution >= 4 is 12.2 Å². The fourth-order valence-electron chi connectivity index (χ4n) is 2.03. The van der Waals surface area contributed by atoms with Crippen LogP contribution in [0.15, 0.2) is 11.0 Å². The lowest BCUT2D eigenvalue weighted by Crippen LogP contribution is -2.50. The number of rotatable bonds is 3. The van der Waals surface area contributed by atoms with Crippen molar-refractivity contribution in [1.29, 1.82) is 0 Å². The van der Waals surface area contributed by atoms with Gasteiger partial charge in [0.2, 0.25) is 5.67 Å². The van der Waals surface area contributed by atoms with Gasteiger partial charge >= 0.3 is 5.69 Å². The third kappa shape index (κ3) is 2.29. The second-order valence-electron chi connectivity index (χ2n) is 4.52. The summed E-state index contributed by atoms with van der Waals surface area (Å²) in [7, 11) is 0. The predicted molar refractivity (Wildman–Crippen MR) is 62.7 cm³/mol. The fraction of sp³-hybridized carbons (Fsp3) is 0.600. The van der Waals surface area contributed by atoms with Crippen molar-refractivity contribution in [3.05, 3.63) is 27.1 Å². The Morgan fingerprint density at radius 2 is 2.14 bits per heavy atom. The number of hydrogen-bond donors (Lipinski definition) is 3. The number of nitrogens with zero attached hydrogens (tertiary/aromatic N) is 1. The maximum Gasteiger partial charge on any atom is 0.328 e. The number of aromatic amines is 1. The van der Waals surface area contributed by atoms with E-state index in [2.05, 4.69) is 17.0 Å². The molecule has 0 aromatic carbocycles. The van der Waals surface area contributed by atoms with Gasteiger partial charge in [0, 0.05) is 0 Å². The lowest BCUT2D eigenvalue weighted by molar-refractivity contribution is -0.207. The summed E-state index contributed by atoms with van der Waals surface area (Å²) in [6.45, 7) is -3.43. The molecule has 6 nitrogen and oxygen atoms in total. The molecule has 0 amide bonds. The average Bonchev–Trinajstić information content (AvgIpc) is 2.66. The van der Waals surface area contributed by atoms with Crippen molar-refractivity contribution in [2.24, 2.45) is 0 Å². The van der Waals surface area contributed by atoms with Gasteiger partial charge in [-0.15, -0.1) is 0 Å². The Morgan fingerprint density at radius 3 is 2.67 bits per heavy atom. The van der Waals surface area contributed by atoms with Gasteiger partial charge in [-0.1, -0.05) is 12.2 Å². The van der Waals surface area contributed by atoms with Crippen LogP contribution in [0.4, 0.5) is 17.6 Å². The van der Waals surface area contributed by atoms with Gasteiger partial charge in [-0.25, -0.2) is 22.4 Å². The monoisotopic (exact) mass is 330 g/mol. The molecule has 1 saturated heterocycles. The largest absolute Gasteiger partial charge is 0.390 e. The van der Waals surface area contributed by atoms with Gasteiger partial charge in [0.15, 0.2) is 18.1 Å². The maximum atomic E-state index is 14.5. The van der Waals surface area contributed by atoms with Crippen LogP contribution in [0.1, 0.15) is 6.23 Å². The molecule has 0 aliphatic carbocycles. The van der Waals surface area contributed by atoms with E-state index >= 15 is 0 Å². The molecule has 0 bridgehead atoms. The highest BCUT2D eigenvalue weighted by atomic mass is 32.1. The Labute approximate surface area is 119 Å². The smallest absolute Gasteiger partial charge is 0.328 e. The van der Waals surface area contributed by atoms with Crippen molar-refractivity contribution in [1.82, 2.24) is 9.55 Å². The first-order valence-electron chi connectivity index (χ1n) is 5.61. The summed E-state index contributed by atoms with van der Waals surface area (Å²) in [6.07, 6.45) is -4.65. The minimum absolute atomic E-state index is 0.185. The maximum absolute atomic E-state index is 14.5. The van der Waals surface area contributed by atoms with E-state index < -0.39 is 53.3 Å². The fourth-order valence-corrected chi connectivity index (χ4v) is 2.17. The third-order valence-corrected chi connectivity index (χ3v) is 3.48. The number of aliphatic hydroxyl groups is 2. The molecule has 1 aromatic heterocycles. The van der Waals surface area contributed by atoms with Crippen LogP contribution in [0.25, 0.3) is 0 Å². The molecule has 1 aliphatic rings. The molecular weight excluding hydrogens is 320 g/mol. The van der Waals surface area contributed by atoms with Gasteiger partial charge in [0.05, 0.1) is 6.20 Å². The zero-order valence-corrected chi connectivity index (χ0v) is 11.0. The van der Waals surface area contributed by atoms with Crippen LogP contribution >= 0.6 is 12.2 Å². The van der Waals surface area contributed by atoms with E-state index in [1.54, 1.807) is 0 Å². The highest BCUT2D eigenvalue weighted by molar-refractivity contribution is 7.71. The van der Waals surface area contributed by atoms with Crippen LogP contribution in [0.2, 0.25) is 0 Å². The van der Waals surface area contributed by atoms with E-state index in [0.717, 1.165) is 0 Å². The Bertz CT molecular complexity index is 667. The highest BCUT2D eigenvalue weighted by Crippen LogP contribution is 2.47. The van der Waals surface area contributed by atoms with Crippen LogP contribution in [0, 0.1) is 10.5 Å². The first-order chi connectivity index (χ1) is 9.69. The molecule has 2 heterocycles. The zero-order chi connectivity index (χ0) is 16.0. The minimum atomic E-state index is -3.40. The molecular formula is C10H10F4N2O4S. The quantitative estimate of drug-likeness (QED) is 0.547. The number of alkyl halides is 3.